The predicted octanol–water partition coefficient (Wildman–Crippen LogP) is 2.02. The van der Waals surface area contributed by atoms with Gasteiger partial charge in [-0.05, 0) is 18.6 Å². The van der Waals surface area contributed by atoms with Crippen LogP contribution in [-0.4, -0.2) is 35.1 Å². The minimum Gasteiger partial charge on any atom is -0.478 e. The van der Waals surface area contributed by atoms with Gasteiger partial charge in [0, 0.05) is 19.2 Å². The zero-order valence-corrected chi connectivity index (χ0v) is 9.07. The zero-order valence-electron chi connectivity index (χ0n) is 9.07. The van der Waals surface area contributed by atoms with Crippen LogP contribution in [0.2, 0.25) is 0 Å². The molecule has 0 bridgehead atoms. The number of hydrogen-bond donors (Lipinski definition) is 1. The van der Waals surface area contributed by atoms with E-state index in [-0.39, 0.29) is 18.5 Å². The maximum Gasteiger partial charge on any atom is 0.337 e. The number of piperidine rings is 1. The first kappa shape index (κ1) is 11.8. The molecular formula is C11H12F2N2O2. The van der Waals surface area contributed by atoms with Gasteiger partial charge in [-0.15, -0.1) is 0 Å². The molecular weight excluding hydrogens is 230 g/mol. The first-order chi connectivity index (χ1) is 7.98. The molecule has 1 aliphatic rings. The summed E-state index contributed by atoms with van der Waals surface area (Å²) >= 11 is 0. The Balaban J connectivity index is 2.14. The molecule has 0 amide bonds. The van der Waals surface area contributed by atoms with Gasteiger partial charge in [0.25, 0.3) is 5.92 Å². The van der Waals surface area contributed by atoms with Gasteiger partial charge in [0.05, 0.1) is 12.1 Å². The van der Waals surface area contributed by atoms with E-state index in [4.69, 9.17) is 5.11 Å². The lowest BCUT2D eigenvalue weighted by Crippen LogP contribution is -2.43. The summed E-state index contributed by atoms with van der Waals surface area (Å²) in [4.78, 5) is 16.0. The Bertz CT molecular complexity index is 420. The number of pyridine rings is 1. The lowest BCUT2D eigenvalue weighted by atomic mass is 10.1. The van der Waals surface area contributed by atoms with E-state index < -0.39 is 11.9 Å². The predicted molar refractivity (Wildman–Crippen MR) is 57.6 cm³/mol. The van der Waals surface area contributed by atoms with E-state index in [1.54, 1.807) is 0 Å². The van der Waals surface area contributed by atoms with Gasteiger partial charge in [-0.3, -0.25) is 0 Å². The quantitative estimate of drug-likeness (QED) is 0.862. The number of halogens is 2. The van der Waals surface area contributed by atoms with E-state index in [9.17, 15) is 13.6 Å². The molecule has 0 spiro atoms. The second-order valence-electron chi connectivity index (χ2n) is 4.09. The van der Waals surface area contributed by atoms with Gasteiger partial charge >= 0.3 is 5.97 Å². The Morgan fingerprint density at radius 2 is 2.24 bits per heavy atom. The number of anilines is 1. The van der Waals surface area contributed by atoms with Gasteiger partial charge in [-0.1, -0.05) is 0 Å². The van der Waals surface area contributed by atoms with Crippen LogP contribution in [0.3, 0.4) is 0 Å². The molecule has 2 heterocycles. The fraction of sp³-hybridized carbons (Fsp3) is 0.455. The molecule has 0 atom stereocenters. The van der Waals surface area contributed by atoms with Crippen molar-refractivity contribution in [2.45, 2.75) is 18.8 Å². The standard InChI is InChI=1S/C11H12F2N2O2/c12-11(13)4-1-5-15(7-11)9-3-2-8(6-14-9)10(16)17/h2-3,6H,1,4-5,7H2,(H,16,17). The number of aromatic carboxylic acids is 1. The van der Waals surface area contributed by atoms with Crippen molar-refractivity contribution in [3.8, 4) is 0 Å². The van der Waals surface area contributed by atoms with Crippen LogP contribution >= 0.6 is 0 Å². The Hall–Kier alpha value is -1.72. The second-order valence-corrected chi connectivity index (χ2v) is 4.09. The molecule has 17 heavy (non-hydrogen) atoms. The molecule has 1 N–H and O–H groups in total. The van der Waals surface area contributed by atoms with E-state index in [1.165, 1.54) is 23.2 Å². The van der Waals surface area contributed by atoms with E-state index in [1.807, 2.05) is 0 Å². The molecule has 2 rings (SSSR count). The van der Waals surface area contributed by atoms with Crippen molar-refractivity contribution in [1.82, 2.24) is 4.98 Å². The average molecular weight is 242 g/mol. The topological polar surface area (TPSA) is 53.4 Å². The molecule has 0 saturated carbocycles. The molecule has 0 aromatic carbocycles. The summed E-state index contributed by atoms with van der Waals surface area (Å²) in [7, 11) is 0. The van der Waals surface area contributed by atoms with Gasteiger partial charge in [0.1, 0.15) is 5.82 Å². The van der Waals surface area contributed by atoms with Crippen LogP contribution in [0, 0.1) is 0 Å². The molecule has 1 saturated heterocycles. The van der Waals surface area contributed by atoms with E-state index in [2.05, 4.69) is 4.98 Å². The smallest absolute Gasteiger partial charge is 0.337 e. The molecule has 92 valence electrons. The maximum absolute atomic E-state index is 13.2. The number of carbonyl (C=O) groups is 1. The fourth-order valence-electron chi connectivity index (χ4n) is 1.86. The van der Waals surface area contributed by atoms with Crippen molar-refractivity contribution in [1.29, 1.82) is 0 Å². The number of carboxylic acid groups (broad SMARTS) is 1. The van der Waals surface area contributed by atoms with Gasteiger partial charge < -0.3 is 10.0 Å². The zero-order chi connectivity index (χ0) is 12.5. The molecule has 0 aliphatic carbocycles. The van der Waals surface area contributed by atoms with Crippen molar-refractivity contribution in [2.24, 2.45) is 0 Å². The highest BCUT2D eigenvalue weighted by atomic mass is 19.3. The Morgan fingerprint density at radius 1 is 1.47 bits per heavy atom. The molecule has 1 aliphatic heterocycles. The monoisotopic (exact) mass is 242 g/mol. The number of aromatic nitrogens is 1. The third kappa shape index (κ3) is 2.69. The van der Waals surface area contributed by atoms with Crippen molar-refractivity contribution in [2.75, 3.05) is 18.0 Å². The minimum atomic E-state index is -2.69. The van der Waals surface area contributed by atoms with Crippen LogP contribution < -0.4 is 4.90 Å². The summed E-state index contributed by atoms with van der Waals surface area (Å²) in [5.41, 5.74) is 0.0533. The molecule has 4 nitrogen and oxygen atoms in total. The first-order valence-electron chi connectivity index (χ1n) is 5.30. The first-order valence-corrected chi connectivity index (χ1v) is 5.30. The number of rotatable bonds is 2. The number of nitrogens with zero attached hydrogens (tertiary/aromatic N) is 2. The van der Waals surface area contributed by atoms with Crippen molar-refractivity contribution in [3.05, 3.63) is 23.9 Å². The van der Waals surface area contributed by atoms with Crippen LogP contribution in [0.25, 0.3) is 0 Å². The number of alkyl halides is 2. The number of hydrogen-bond acceptors (Lipinski definition) is 3. The van der Waals surface area contributed by atoms with Crippen molar-refractivity contribution in [3.63, 3.8) is 0 Å². The Labute approximate surface area is 96.9 Å². The summed E-state index contributed by atoms with van der Waals surface area (Å²) in [6.07, 6.45) is 1.50. The lowest BCUT2D eigenvalue weighted by Gasteiger charge is -2.33. The summed E-state index contributed by atoms with van der Waals surface area (Å²) < 4.78 is 26.4. The van der Waals surface area contributed by atoms with Crippen LogP contribution in [0.15, 0.2) is 18.3 Å². The third-order valence-electron chi connectivity index (χ3n) is 2.71. The van der Waals surface area contributed by atoms with Crippen molar-refractivity contribution >= 4 is 11.8 Å². The second kappa shape index (κ2) is 4.27. The summed E-state index contributed by atoms with van der Waals surface area (Å²) in [5, 5.41) is 8.70. The summed E-state index contributed by atoms with van der Waals surface area (Å²) in [6.45, 7) is 0.168. The molecule has 0 radical (unpaired) electrons. The Kier molecular flexibility index (Phi) is 2.95. The third-order valence-corrected chi connectivity index (χ3v) is 2.71. The average Bonchev–Trinajstić information content (AvgIpc) is 2.28. The highest BCUT2D eigenvalue weighted by Crippen LogP contribution is 2.28. The maximum atomic E-state index is 13.2. The van der Waals surface area contributed by atoms with Gasteiger partial charge in [-0.25, -0.2) is 18.6 Å². The normalized spacial score (nSPS) is 19.1. The SMILES string of the molecule is O=C(O)c1ccc(N2CCCC(F)(F)C2)nc1. The lowest BCUT2D eigenvalue weighted by molar-refractivity contribution is -0.0118. The largest absolute Gasteiger partial charge is 0.478 e. The van der Waals surface area contributed by atoms with Crippen LogP contribution in [0.4, 0.5) is 14.6 Å². The highest BCUT2D eigenvalue weighted by molar-refractivity contribution is 5.87. The van der Waals surface area contributed by atoms with Gasteiger partial charge in [0.15, 0.2) is 0 Å². The summed E-state index contributed by atoms with van der Waals surface area (Å²) in [6, 6.07) is 2.84. The van der Waals surface area contributed by atoms with Gasteiger partial charge in [-0.2, -0.15) is 0 Å². The highest BCUT2D eigenvalue weighted by Gasteiger charge is 2.35. The molecule has 0 unspecified atom stereocenters. The Morgan fingerprint density at radius 3 is 2.76 bits per heavy atom. The van der Waals surface area contributed by atoms with Crippen molar-refractivity contribution < 1.29 is 18.7 Å². The van der Waals surface area contributed by atoms with E-state index in [0.29, 0.717) is 18.8 Å². The molecule has 6 heteroatoms. The van der Waals surface area contributed by atoms with Crippen LogP contribution in [-0.2, 0) is 0 Å². The fourth-order valence-corrected chi connectivity index (χ4v) is 1.86. The molecule has 1 aromatic heterocycles. The van der Waals surface area contributed by atoms with Crippen LogP contribution in [0.1, 0.15) is 23.2 Å². The van der Waals surface area contributed by atoms with E-state index >= 15 is 0 Å². The van der Waals surface area contributed by atoms with Gasteiger partial charge in [0.2, 0.25) is 0 Å². The molecule has 1 aromatic rings. The van der Waals surface area contributed by atoms with E-state index in [0.717, 1.165) is 0 Å². The minimum absolute atomic E-state index is 0.0533. The molecule has 1 fully saturated rings. The number of carboxylic acids is 1. The van der Waals surface area contributed by atoms with Crippen LogP contribution in [0.5, 0.6) is 0 Å². The summed E-state index contributed by atoms with van der Waals surface area (Å²) in [5.74, 6) is -3.37.